The summed E-state index contributed by atoms with van der Waals surface area (Å²) in [5.74, 6) is 1.36. The quantitative estimate of drug-likeness (QED) is 0.598. The van der Waals surface area contributed by atoms with Crippen LogP contribution in [0.25, 0.3) is 10.8 Å². The summed E-state index contributed by atoms with van der Waals surface area (Å²) in [6.45, 7) is 7.78. The Morgan fingerprint density at radius 2 is 2.00 bits per heavy atom. The van der Waals surface area contributed by atoms with Gasteiger partial charge in [0, 0.05) is 24.4 Å². The molecule has 0 aliphatic carbocycles. The maximum absolute atomic E-state index is 12.2. The van der Waals surface area contributed by atoms with E-state index in [2.05, 4.69) is 20.3 Å². The van der Waals surface area contributed by atoms with E-state index >= 15 is 0 Å². The molecule has 0 unspecified atom stereocenters. The lowest BCUT2D eigenvalue weighted by atomic mass is 9.88. The van der Waals surface area contributed by atoms with Crippen LogP contribution in [-0.4, -0.2) is 33.6 Å². The van der Waals surface area contributed by atoms with Gasteiger partial charge in [-0.1, -0.05) is 6.92 Å². The van der Waals surface area contributed by atoms with Gasteiger partial charge in [0.2, 0.25) is 5.88 Å². The Balaban J connectivity index is 1.75. The van der Waals surface area contributed by atoms with Crippen LogP contribution in [0.1, 0.15) is 55.7 Å². The predicted octanol–water partition coefficient (Wildman–Crippen LogP) is 3.85. The number of nitrogens with one attached hydrogen (secondary N) is 1. The van der Waals surface area contributed by atoms with Gasteiger partial charge in [0.1, 0.15) is 17.2 Å². The molecule has 31 heavy (non-hydrogen) atoms. The summed E-state index contributed by atoms with van der Waals surface area (Å²) in [6.07, 6.45) is 4.78. The van der Waals surface area contributed by atoms with Crippen molar-refractivity contribution in [2.45, 2.75) is 51.7 Å². The van der Waals surface area contributed by atoms with Crippen molar-refractivity contribution in [3.63, 3.8) is 0 Å². The Bertz CT molecular complexity index is 1170. The Morgan fingerprint density at radius 3 is 2.71 bits per heavy atom. The smallest absolute Gasteiger partial charge is 0.340 e. The summed E-state index contributed by atoms with van der Waals surface area (Å²) in [4.78, 5) is 25.8. The van der Waals surface area contributed by atoms with Crippen LogP contribution in [0.5, 0.6) is 5.88 Å². The highest BCUT2D eigenvalue weighted by molar-refractivity contribution is 5.93. The third-order valence-electron chi connectivity index (χ3n) is 5.69. The molecule has 0 saturated heterocycles. The van der Waals surface area contributed by atoms with Gasteiger partial charge in [0.05, 0.1) is 23.8 Å². The molecule has 0 aromatic carbocycles. The standard InChI is InChI=1S/C23H27N5O3/c1-6-23(4,24)16-12-26-20(30-5)15-11-25-19(9-14(15)16)28-18-8-7-13-17(27-18)10-22(2,3)31-21(13)29/h7-9,11-12H,6,10,24H2,1-5H3,(H,25,27,28)/t23-/m0/s1. The molecule has 3 N–H and O–H groups in total. The van der Waals surface area contributed by atoms with Crippen LogP contribution in [-0.2, 0) is 16.7 Å². The summed E-state index contributed by atoms with van der Waals surface area (Å²) in [5, 5.41) is 4.95. The number of rotatable bonds is 5. The van der Waals surface area contributed by atoms with Crippen molar-refractivity contribution in [2.75, 3.05) is 12.4 Å². The second kappa shape index (κ2) is 7.46. The van der Waals surface area contributed by atoms with Gasteiger partial charge in [-0.25, -0.2) is 19.7 Å². The molecule has 0 radical (unpaired) electrons. The number of carbonyl (C=O) groups is 1. The summed E-state index contributed by atoms with van der Waals surface area (Å²) in [5.41, 5.74) is 7.52. The van der Waals surface area contributed by atoms with E-state index < -0.39 is 11.1 Å². The number of ether oxygens (including phenoxy) is 2. The van der Waals surface area contributed by atoms with Crippen molar-refractivity contribution in [3.05, 3.63) is 47.4 Å². The summed E-state index contributed by atoms with van der Waals surface area (Å²) >= 11 is 0. The molecule has 3 aromatic rings. The number of anilines is 2. The van der Waals surface area contributed by atoms with Crippen LogP contribution in [0.4, 0.5) is 11.6 Å². The Kier molecular flexibility index (Phi) is 5.05. The normalized spacial score (nSPS) is 16.9. The van der Waals surface area contributed by atoms with Gasteiger partial charge >= 0.3 is 5.97 Å². The van der Waals surface area contributed by atoms with E-state index in [-0.39, 0.29) is 5.97 Å². The first-order chi connectivity index (χ1) is 14.6. The second-order valence-corrected chi connectivity index (χ2v) is 8.71. The van der Waals surface area contributed by atoms with Crippen molar-refractivity contribution in [2.24, 2.45) is 5.73 Å². The molecule has 1 aliphatic heterocycles. The van der Waals surface area contributed by atoms with E-state index in [0.29, 0.717) is 35.2 Å². The zero-order valence-electron chi connectivity index (χ0n) is 18.4. The van der Waals surface area contributed by atoms with Crippen LogP contribution in [0.15, 0.2) is 30.6 Å². The molecule has 3 aromatic heterocycles. The predicted molar refractivity (Wildman–Crippen MR) is 119 cm³/mol. The van der Waals surface area contributed by atoms with Crippen LogP contribution >= 0.6 is 0 Å². The van der Waals surface area contributed by atoms with Crippen molar-refractivity contribution >= 4 is 28.4 Å². The Hall–Kier alpha value is -3.26. The molecular formula is C23H27N5O3. The minimum Gasteiger partial charge on any atom is -0.481 e. The van der Waals surface area contributed by atoms with E-state index in [4.69, 9.17) is 15.2 Å². The fourth-order valence-electron chi connectivity index (χ4n) is 3.76. The number of methoxy groups -OCH3 is 1. The largest absolute Gasteiger partial charge is 0.481 e. The summed E-state index contributed by atoms with van der Waals surface area (Å²) in [7, 11) is 1.58. The molecule has 0 saturated carbocycles. The topological polar surface area (TPSA) is 112 Å². The number of esters is 1. The maximum Gasteiger partial charge on any atom is 0.340 e. The zero-order chi connectivity index (χ0) is 22.4. The van der Waals surface area contributed by atoms with Crippen molar-refractivity contribution in [3.8, 4) is 5.88 Å². The highest BCUT2D eigenvalue weighted by atomic mass is 16.6. The van der Waals surface area contributed by atoms with Crippen molar-refractivity contribution in [1.82, 2.24) is 15.0 Å². The van der Waals surface area contributed by atoms with Crippen LogP contribution in [0, 0.1) is 0 Å². The number of carbonyl (C=O) groups excluding carboxylic acids is 1. The third-order valence-corrected chi connectivity index (χ3v) is 5.69. The molecule has 8 nitrogen and oxygen atoms in total. The van der Waals surface area contributed by atoms with Gasteiger partial charge in [0.15, 0.2) is 0 Å². The van der Waals surface area contributed by atoms with E-state index in [9.17, 15) is 4.79 Å². The molecule has 8 heteroatoms. The molecule has 1 atom stereocenters. The lowest BCUT2D eigenvalue weighted by molar-refractivity contribution is -0.00714. The number of hydrogen-bond acceptors (Lipinski definition) is 8. The first-order valence-corrected chi connectivity index (χ1v) is 10.3. The number of nitrogens with zero attached hydrogens (tertiary/aromatic N) is 3. The SMILES string of the molecule is CC[C@](C)(N)c1cnc(OC)c2cnc(Nc3ccc4c(n3)CC(C)(C)OC4=O)cc12. The van der Waals surface area contributed by atoms with Gasteiger partial charge in [-0.3, -0.25) is 0 Å². The summed E-state index contributed by atoms with van der Waals surface area (Å²) < 4.78 is 10.9. The van der Waals surface area contributed by atoms with Crippen molar-refractivity contribution in [1.29, 1.82) is 0 Å². The molecular weight excluding hydrogens is 394 g/mol. The number of aromatic nitrogens is 3. The second-order valence-electron chi connectivity index (χ2n) is 8.71. The average Bonchev–Trinajstić information content (AvgIpc) is 2.71. The molecule has 0 spiro atoms. The minimum atomic E-state index is -0.582. The van der Waals surface area contributed by atoms with E-state index in [1.165, 1.54) is 0 Å². The van der Waals surface area contributed by atoms with Crippen LogP contribution in [0.2, 0.25) is 0 Å². The average molecular weight is 422 g/mol. The Morgan fingerprint density at radius 1 is 1.23 bits per heavy atom. The molecule has 1 aliphatic rings. The minimum absolute atomic E-state index is 0.347. The lowest BCUT2D eigenvalue weighted by Gasteiger charge is -2.30. The molecule has 4 rings (SSSR count). The van der Waals surface area contributed by atoms with E-state index in [0.717, 1.165) is 22.8 Å². The van der Waals surface area contributed by atoms with Gasteiger partial charge in [-0.2, -0.15) is 0 Å². The van der Waals surface area contributed by atoms with Gasteiger partial charge < -0.3 is 20.5 Å². The van der Waals surface area contributed by atoms with E-state index in [1.807, 2.05) is 33.8 Å². The number of hydrogen-bond donors (Lipinski definition) is 2. The highest BCUT2D eigenvalue weighted by Gasteiger charge is 2.33. The first-order valence-electron chi connectivity index (χ1n) is 10.3. The highest BCUT2D eigenvalue weighted by Crippen LogP contribution is 2.34. The molecule has 0 bridgehead atoms. The Labute approximate surface area is 181 Å². The van der Waals surface area contributed by atoms with Gasteiger partial charge in [0.25, 0.3) is 0 Å². The fraction of sp³-hybridized carbons (Fsp3) is 0.391. The molecule has 4 heterocycles. The van der Waals surface area contributed by atoms with Crippen LogP contribution in [0.3, 0.4) is 0 Å². The van der Waals surface area contributed by atoms with Gasteiger partial charge in [-0.05, 0) is 56.3 Å². The monoisotopic (exact) mass is 421 g/mol. The molecule has 0 amide bonds. The fourth-order valence-corrected chi connectivity index (χ4v) is 3.76. The number of cyclic esters (lactones) is 1. The molecule has 0 fully saturated rings. The maximum atomic E-state index is 12.2. The lowest BCUT2D eigenvalue weighted by Crippen LogP contribution is -2.36. The molecule has 162 valence electrons. The zero-order valence-corrected chi connectivity index (χ0v) is 18.4. The number of pyridine rings is 3. The first kappa shape index (κ1) is 21.0. The van der Waals surface area contributed by atoms with Crippen LogP contribution < -0.4 is 15.8 Å². The van der Waals surface area contributed by atoms with Crippen molar-refractivity contribution < 1.29 is 14.3 Å². The summed E-state index contributed by atoms with van der Waals surface area (Å²) in [6, 6.07) is 5.40. The number of fused-ring (bicyclic) bond motifs is 2. The number of nitrogens with two attached hydrogens (primary N) is 1. The van der Waals surface area contributed by atoms with Gasteiger partial charge in [-0.15, -0.1) is 0 Å². The third kappa shape index (κ3) is 3.90. The van der Waals surface area contributed by atoms with E-state index in [1.54, 1.807) is 31.6 Å².